The molecule has 3 rings (SSSR count). The second-order valence-electron chi connectivity index (χ2n) is 4.88. The van der Waals surface area contributed by atoms with E-state index in [9.17, 15) is 9.59 Å². The van der Waals surface area contributed by atoms with Gasteiger partial charge in [0.15, 0.2) is 0 Å². The maximum atomic E-state index is 12.2. The van der Waals surface area contributed by atoms with Gasteiger partial charge in [-0.15, -0.1) is 22.7 Å². The monoisotopic (exact) mass is 358 g/mol. The fraction of sp³-hybridized carbons (Fsp3) is 0.111. The van der Waals surface area contributed by atoms with Gasteiger partial charge in [0, 0.05) is 20.9 Å². The fourth-order valence-electron chi connectivity index (χ4n) is 2.43. The lowest BCUT2D eigenvalue weighted by molar-refractivity contribution is 0.0600. The number of carbonyl (C=O) groups is 2. The van der Waals surface area contributed by atoms with E-state index in [4.69, 9.17) is 9.47 Å². The molecule has 2 aromatic heterocycles. The number of methoxy groups -OCH3 is 2. The normalized spacial score (nSPS) is 10.4. The van der Waals surface area contributed by atoms with Gasteiger partial charge in [0.05, 0.1) is 25.3 Å². The summed E-state index contributed by atoms with van der Waals surface area (Å²) < 4.78 is 9.78. The molecule has 0 amide bonds. The van der Waals surface area contributed by atoms with E-state index in [-0.39, 0.29) is 0 Å². The van der Waals surface area contributed by atoms with Gasteiger partial charge in [0.25, 0.3) is 0 Å². The molecule has 0 fully saturated rings. The zero-order valence-corrected chi connectivity index (χ0v) is 14.7. The summed E-state index contributed by atoms with van der Waals surface area (Å²) in [4.78, 5) is 26.3. The van der Waals surface area contributed by atoms with Gasteiger partial charge in [-0.3, -0.25) is 0 Å². The number of benzene rings is 1. The van der Waals surface area contributed by atoms with Crippen molar-refractivity contribution >= 4 is 34.6 Å². The minimum Gasteiger partial charge on any atom is -0.465 e. The lowest BCUT2D eigenvalue weighted by atomic mass is 9.96. The van der Waals surface area contributed by atoms with Crippen LogP contribution in [-0.4, -0.2) is 26.2 Å². The molecule has 0 bridgehead atoms. The highest BCUT2D eigenvalue weighted by molar-refractivity contribution is 7.14. The van der Waals surface area contributed by atoms with E-state index in [0.717, 1.165) is 20.9 Å². The Labute approximate surface area is 147 Å². The number of hydrogen-bond donors (Lipinski definition) is 0. The molecule has 2 heterocycles. The molecule has 0 atom stereocenters. The smallest absolute Gasteiger partial charge is 0.338 e. The van der Waals surface area contributed by atoms with Crippen LogP contribution in [0.1, 0.15) is 20.7 Å². The van der Waals surface area contributed by atoms with E-state index >= 15 is 0 Å². The topological polar surface area (TPSA) is 52.6 Å². The van der Waals surface area contributed by atoms with Crippen LogP contribution >= 0.6 is 22.7 Å². The quantitative estimate of drug-likeness (QED) is 0.634. The van der Waals surface area contributed by atoms with Crippen LogP contribution in [-0.2, 0) is 9.47 Å². The van der Waals surface area contributed by atoms with Crippen LogP contribution in [0.15, 0.2) is 47.2 Å². The minimum atomic E-state index is -0.485. The van der Waals surface area contributed by atoms with Crippen molar-refractivity contribution in [2.75, 3.05) is 14.2 Å². The Hall–Kier alpha value is -2.44. The Bertz CT molecular complexity index is 795. The summed E-state index contributed by atoms with van der Waals surface area (Å²) in [5.74, 6) is -0.970. The molecule has 0 aliphatic heterocycles. The van der Waals surface area contributed by atoms with Gasteiger partial charge in [-0.1, -0.05) is 12.1 Å². The van der Waals surface area contributed by atoms with Crippen LogP contribution in [0.25, 0.3) is 20.9 Å². The molecule has 0 radical (unpaired) electrons. The third kappa shape index (κ3) is 2.98. The average molecular weight is 358 g/mol. The van der Waals surface area contributed by atoms with Crippen molar-refractivity contribution < 1.29 is 19.1 Å². The summed E-state index contributed by atoms with van der Waals surface area (Å²) in [7, 11) is 2.65. The SMILES string of the molecule is COC(=O)c1cc(C(=O)OC)c(-c2cccs2)cc1-c1cccs1. The van der Waals surface area contributed by atoms with Crippen molar-refractivity contribution in [2.45, 2.75) is 0 Å². The molecular weight excluding hydrogens is 344 g/mol. The standard InChI is InChI=1S/C18H14O4S2/c1-21-17(19)13-10-14(18(20)22-2)12(16-6-4-8-24-16)9-11(13)15-5-3-7-23-15/h3-10H,1-2H3. The number of ether oxygens (including phenoxy) is 2. The first-order chi connectivity index (χ1) is 11.7. The zero-order chi connectivity index (χ0) is 17.1. The van der Waals surface area contributed by atoms with Gasteiger partial charge in [-0.25, -0.2) is 9.59 Å². The first-order valence-electron chi connectivity index (χ1n) is 7.08. The van der Waals surface area contributed by atoms with E-state index in [1.54, 1.807) is 6.07 Å². The summed E-state index contributed by atoms with van der Waals surface area (Å²) in [6, 6.07) is 11.1. The molecule has 122 valence electrons. The van der Waals surface area contributed by atoms with Crippen molar-refractivity contribution in [3.63, 3.8) is 0 Å². The number of hydrogen-bond acceptors (Lipinski definition) is 6. The lowest BCUT2D eigenvalue weighted by Gasteiger charge is -2.13. The van der Waals surface area contributed by atoms with Crippen molar-refractivity contribution in [3.8, 4) is 20.9 Å². The van der Waals surface area contributed by atoms with Gasteiger partial charge in [-0.05, 0) is 35.0 Å². The van der Waals surface area contributed by atoms with Crippen molar-refractivity contribution in [3.05, 3.63) is 58.3 Å². The first-order valence-corrected chi connectivity index (χ1v) is 8.84. The van der Waals surface area contributed by atoms with Crippen LogP contribution in [0.2, 0.25) is 0 Å². The zero-order valence-electron chi connectivity index (χ0n) is 13.1. The molecule has 0 aliphatic carbocycles. The average Bonchev–Trinajstić information content (AvgIpc) is 3.32. The molecule has 0 aliphatic rings. The molecular formula is C18H14O4S2. The summed E-state index contributed by atoms with van der Waals surface area (Å²) in [6.45, 7) is 0. The molecule has 1 aromatic carbocycles. The Morgan fingerprint density at radius 1 is 0.792 bits per heavy atom. The number of thiophene rings is 2. The van der Waals surface area contributed by atoms with Crippen molar-refractivity contribution in [1.82, 2.24) is 0 Å². The van der Waals surface area contributed by atoms with Gasteiger partial charge in [-0.2, -0.15) is 0 Å². The molecule has 4 nitrogen and oxygen atoms in total. The Kier molecular flexibility index (Phi) is 4.78. The Morgan fingerprint density at radius 2 is 1.25 bits per heavy atom. The summed E-state index contributed by atoms with van der Waals surface area (Å²) in [6.07, 6.45) is 0. The summed E-state index contributed by atoms with van der Waals surface area (Å²) >= 11 is 3.05. The van der Waals surface area contributed by atoms with Crippen molar-refractivity contribution in [1.29, 1.82) is 0 Å². The van der Waals surface area contributed by atoms with Gasteiger partial charge in [0.1, 0.15) is 0 Å². The fourth-order valence-corrected chi connectivity index (χ4v) is 3.94. The van der Waals surface area contributed by atoms with Crippen molar-refractivity contribution in [2.24, 2.45) is 0 Å². The van der Waals surface area contributed by atoms with Gasteiger partial charge >= 0.3 is 11.9 Å². The molecule has 0 saturated carbocycles. The van der Waals surface area contributed by atoms with E-state index in [1.807, 2.05) is 41.1 Å². The van der Waals surface area contributed by atoms with Crippen LogP contribution in [0.4, 0.5) is 0 Å². The molecule has 3 aromatic rings. The first kappa shape index (κ1) is 16.4. The van der Waals surface area contributed by atoms with Crippen LogP contribution in [0.5, 0.6) is 0 Å². The van der Waals surface area contributed by atoms with Gasteiger partial charge < -0.3 is 9.47 Å². The van der Waals surface area contributed by atoms with E-state index in [0.29, 0.717) is 11.1 Å². The molecule has 0 unspecified atom stereocenters. The maximum absolute atomic E-state index is 12.2. The molecule has 0 N–H and O–H groups in total. The Morgan fingerprint density at radius 3 is 1.58 bits per heavy atom. The third-order valence-electron chi connectivity index (χ3n) is 3.54. The predicted octanol–water partition coefficient (Wildman–Crippen LogP) is 4.72. The van der Waals surface area contributed by atoms with Crippen LogP contribution < -0.4 is 0 Å². The summed E-state index contributed by atoms with van der Waals surface area (Å²) in [5.41, 5.74) is 2.18. The number of esters is 2. The second kappa shape index (κ2) is 6.98. The highest BCUT2D eigenvalue weighted by atomic mass is 32.1. The number of rotatable bonds is 4. The third-order valence-corrected chi connectivity index (χ3v) is 5.35. The largest absolute Gasteiger partial charge is 0.465 e. The Balaban J connectivity index is 2.30. The molecule has 24 heavy (non-hydrogen) atoms. The van der Waals surface area contributed by atoms with Crippen LogP contribution in [0, 0.1) is 0 Å². The van der Waals surface area contributed by atoms with E-state index < -0.39 is 11.9 Å². The van der Waals surface area contributed by atoms with E-state index in [2.05, 4.69) is 0 Å². The van der Waals surface area contributed by atoms with Crippen LogP contribution in [0.3, 0.4) is 0 Å². The molecule has 6 heteroatoms. The maximum Gasteiger partial charge on any atom is 0.338 e. The lowest BCUT2D eigenvalue weighted by Crippen LogP contribution is -2.09. The second-order valence-corrected chi connectivity index (χ2v) is 6.78. The van der Waals surface area contributed by atoms with E-state index in [1.165, 1.54) is 36.9 Å². The molecule has 0 saturated heterocycles. The highest BCUT2D eigenvalue weighted by Crippen LogP contribution is 2.37. The summed E-state index contributed by atoms with van der Waals surface area (Å²) in [5, 5.41) is 3.88. The highest BCUT2D eigenvalue weighted by Gasteiger charge is 2.22. The molecule has 0 spiro atoms. The minimum absolute atomic E-state index is 0.348. The predicted molar refractivity (Wildman–Crippen MR) is 95.7 cm³/mol. The number of carbonyl (C=O) groups excluding carboxylic acids is 2. The van der Waals surface area contributed by atoms with Gasteiger partial charge in [0.2, 0.25) is 0 Å².